The number of carbonyl (C=O) groups excluding carboxylic acids is 1. The van der Waals surface area contributed by atoms with E-state index < -0.39 is 0 Å². The first-order valence-corrected chi connectivity index (χ1v) is 7.89. The molecule has 4 heteroatoms. The van der Waals surface area contributed by atoms with E-state index in [1.54, 1.807) is 7.11 Å². The molecule has 4 rings (SSSR count). The van der Waals surface area contributed by atoms with Crippen molar-refractivity contribution in [3.8, 4) is 5.75 Å². The summed E-state index contributed by atoms with van der Waals surface area (Å²) in [5.74, 6) is 1.85. The van der Waals surface area contributed by atoms with E-state index in [0.717, 1.165) is 24.2 Å². The van der Waals surface area contributed by atoms with Gasteiger partial charge in [-0.1, -0.05) is 12.1 Å². The van der Waals surface area contributed by atoms with Crippen LogP contribution in [0.4, 0.5) is 0 Å². The van der Waals surface area contributed by atoms with Gasteiger partial charge in [-0.3, -0.25) is 10.1 Å². The van der Waals surface area contributed by atoms with Crippen LogP contribution in [0.3, 0.4) is 0 Å². The lowest BCUT2D eigenvalue weighted by atomic mass is 10.1. The van der Waals surface area contributed by atoms with Crippen molar-refractivity contribution < 1.29 is 9.53 Å². The quantitative estimate of drug-likeness (QED) is 0.924. The Hall–Kier alpha value is -1.55. The molecule has 1 spiro atoms. The van der Waals surface area contributed by atoms with E-state index >= 15 is 0 Å². The summed E-state index contributed by atoms with van der Waals surface area (Å²) in [5.41, 5.74) is 0.897. The normalized spacial score (nSPS) is 28.0. The van der Waals surface area contributed by atoms with E-state index in [1.807, 2.05) is 12.1 Å². The average Bonchev–Trinajstić information content (AvgIpc) is 3.39. The second-order valence-electron chi connectivity index (χ2n) is 6.69. The number of benzene rings is 1. The first kappa shape index (κ1) is 13.1. The molecule has 1 amide bonds. The minimum Gasteiger partial charge on any atom is -0.497 e. The molecule has 1 aliphatic heterocycles. The standard InChI is InChI=1S/C17H22N2O2/c1-11(12-3-4-12)19-15(18-17(9-10-17)16(19)20)13-5-7-14(21-2)8-6-13/h5-8,11-12,15,18H,3-4,9-10H2,1-2H3. The Morgan fingerprint density at radius 3 is 2.48 bits per heavy atom. The number of amides is 1. The van der Waals surface area contributed by atoms with Gasteiger partial charge >= 0.3 is 0 Å². The fraction of sp³-hybridized carbons (Fsp3) is 0.588. The van der Waals surface area contributed by atoms with E-state index in [0.29, 0.717) is 17.9 Å². The summed E-state index contributed by atoms with van der Waals surface area (Å²) in [5, 5.41) is 3.59. The van der Waals surface area contributed by atoms with Crippen molar-refractivity contribution in [1.82, 2.24) is 10.2 Å². The highest BCUT2D eigenvalue weighted by Crippen LogP contribution is 2.49. The van der Waals surface area contributed by atoms with Crippen molar-refractivity contribution in [3.05, 3.63) is 29.8 Å². The zero-order valence-corrected chi connectivity index (χ0v) is 12.6. The van der Waals surface area contributed by atoms with Crippen LogP contribution in [0.5, 0.6) is 5.75 Å². The summed E-state index contributed by atoms with van der Waals surface area (Å²) in [6.45, 7) is 2.20. The summed E-state index contributed by atoms with van der Waals surface area (Å²) < 4.78 is 5.23. The smallest absolute Gasteiger partial charge is 0.244 e. The lowest BCUT2D eigenvalue weighted by molar-refractivity contribution is -0.133. The molecule has 4 nitrogen and oxygen atoms in total. The van der Waals surface area contributed by atoms with Gasteiger partial charge in [0.25, 0.3) is 0 Å². The number of rotatable bonds is 4. The molecule has 2 unspecified atom stereocenters. The summed E-state index contributed by atoms with van der Waals surface area (Å²) in [6.07, 6.45) is 4.49. The third kappa shape index (κ3) is 2.04. The lowest BCUT2D eigenvalue weighted by Crippen LogP contribution is -2.40. The van der Waals surface area contributed by atoms with Gasteiger partial charge in [0.2, 0.25) is 5.91 Å². The summed E-state index contributed by atoms with van der Waals surface area (Å²) >= 11 is 0. The molecule has 2 atom stereocenters. The molecule has 1 saturated heterocycles. The van der Waals surface area contributed by atoms with Gasteiger partial charge in [-0.2, -0.15) is 0 Å². The van der Waals surface area contributed by atoms with E-state index in [9.17, 15) is 4.79 Å². The predicted molar refractivity (Wildman–Crippen MR) is 79.9 cm³/mol. The SMILES string of the molecule is COc1ccc(C2NC3(CC3)C(=O)N2C(C)C2CC2)cc1. The van der Waals surface area contributed by atoms with Crippen molar-refractivity contribution in [3.63, 3.8) is 0 Å². The van der Waals surface area contributed by atoms with Gasteiger partial charge in [0, 0.05) is 6.04 Å². The van der Waals surface area contributed by atoms with Crippen LogP contribution >= 0.6 is 0 Å². The van der Waals surface area contributed by atoms with E-state index in [4.69, 9.17) is 4.74 Å². The molecule has 1 heterocycles. The van der Waals surface area contributed by atoms with Gasteiger partial charge < -0.3 is 9.64 Å². The number of carbonyl (C=O) groups is 1. The number of nitrogens with zero attached hydrogens (tertiary/aromatic N) is 1. The molecule has 1 aromatic rings. The Morgan fingerprint density at radius 1 is 1.29 bits per heavy atom. The van der Waals surface area contributed by atoms with Crippen molar-refractivity contribution in [1.29, 1.82) is 0 Å². The van der Waals surface area contributed by atoms with Crippen LogP contribution in [0.2, 0.25) is 0 Å². The Balaban J connectivity index is 1.65. The fourth-order valence-electron chi connectivity index (χ4n) is 3.50. The van der Waals surface area contributed by atoms with E-state index in [2.05, 4.69) is 29.3 Å². The van der Waals surface area contributed by atoms with Crippen molar-refractivity contribution in [2.24, 2.45) is 5.92 Å². The molecule has 1 aromatic carbocycles. The third-order valence-corrected chi connectivity index (χ3v) is 5.26. The molecular formula is C17H22N2O2. The van der Waals surface area contributed by atoms with Gasteiger partial charge in [0.15, 0.2) is 0 Å². The Kier molecular flexibility index (Phi) is 2.80. The van der Waals surface area contributed by atoms with E-state index in [-0.39, 0.29) is 11.7 Å². The highest BCUT2D eigenvalue weighted by atomic mass is 16.5. The number of hydrogen-bond acceptors (Lipinski definition) is 3. The molecule has 1 N–H and O–H groups in total. The van der Waals surface area contributed by atoms with Crippen molar-refractivity contribution in [2.75, 3.05) is 7.11 Å². The Labute approximate surface area is 125 Å². The monoisotopic (exact) mass is 286 g/mol. The maximum absolute atomic E-state index is 12.8. The maximum Gasteiger partial charge on any atom is 0.244 e. The zero-order valence-electron chi connectivity index (χ0n) is 12.6. The van der Waals surface area contributed by atoms with Gasteiger partial charge in [-0.05, 0) is 56.2 Å². The zero-order chi connectivity index (χ0) is 14.6. The molecule has 3 fully saturated rings. The van der Waals surface area contributed by atoms with Gasteiger partial charge in [0.05, 0.1) is 7.11 Å². The molecule has 2 saturated carbocycles. The van der Waals surface area contributed by atoms with Crippen LogP contribution < -0.4 is 10.1 Å². The van der Waals surface area contributed by atoms with Crippen LogP contribution in [0.15, 0.2) is 24.3 Å². The second-order valence-corrected chi connectivity index (χ2v) is 6.69. The first-order chi connectivity index (χ1) is 10.1. The van der Waals surface area contributed by atoms with Crippen LogP contribution in [-0.4, -0.2) is 29.5 Å². The number of nitrogens with one attached hydrogen (secondary N) is 1. The number of hydrogen-bond donors (Lipinski definition) is 1. The lowest BCUT2D eigenvalue weighted by Gasteiger charge is -2.30. The average molecular weight is 286 g/mol. The second kappa shape index (κ2) is 4.47. The van der Waals surface area contributed by atoms with Crippen LogP contribution in [0.25, 0.3) is 0 Å². The molecule has 3 aliphatic rings. The third-order valence-electron chi connectivity index (χ3n) is 5.26. The van der Waals surface area contributed by atoms with Crippen molar-refractivity contribution >= 4 is 5.91 Å². The first-order valence-electron chi connectivity index (χ1n) is 7.89. The molecule has 0 aromatic heterocycles. The Bertz CT molecular complexity index is 561. The topological polar surface area (TPSA) is 41.6 Å². The summed E-state index contributed by atoms with van der Waals surface area (Å²) in [6, 6.07) is 8.41. The van der Waals surface area contributed by atoms with Crippen LogP contribution in [0, 0.1) is 5.92 Å². The molecule has 0 radical (unpaired) electrons. The van der Waals surface area contributed by atoms with Crippen molar-refractivity contribution in [2.45, 2.75) is 50.4 Å². The molecule has 112 valence electrons. The Morgan fingerprint density at radius 2 is 1.95 bits per heavy atom. The fourth-order valence-corrected chi connectivity index (χ4v) is 3.50. The molecule has 2 aliphatic carbocycles. The molecular weight excluding hydrogens is 264 g/mol. The van der Waals surface area contributed by atoms with Crippen LogP contribution in [-0.2, 0) is 4.79 Å². The van der Waals surface area contributed by atoms with Gasteiger partial charge in [-0.15, -0.1) is 0 Å². The van der Waals surface area contributed by atoms with E-state index in [1.165, 1.54) is 12.8 Å². The summed E-state index contributed by atoms with van der Waals surface area (Å²) in [7, 11) is 1.67. The minimum absolute atomic E-state index is 0.0153. The largest absolute Gasteiger partial charge is 0.497 e. The summed E-state index contributed by atoms with van der Waals surface area (Å²) in [4.78, 5) is 14.9. The van der Waals surface area contributed by atoms with Gasteiger partial charge in [0.1, 0.15) is 17.5 Å². The maximum atomic E-state index is 12.8. The number of methoxy groups -OCH3 is 1. The molecule has 21 heavy (non-hydrogen) atoms. The highest BCUT2D eigenvalue weighted by molar-refractivity contribution is 5.92. The van der Waals surface area contributed by atoms with Gasteiger partial charge in [-0.25, -0.2) is 0 Å². The predicted octanol–water partition coefficient (Wildman–Crippen LogP) is 2.46. The number of ether oxygens (including phenoxy) is 1. The van der Waals surface area contributed by atoms with Crippen LogP contribution in [0.1, 0.15) is 44.3 Å². The molecule has 0 bridgehead atoms. The minimum atomic E-state index is -0.256. The highest BCUT2D eigenvalue weighted by Gasteiger charge is 2.61.